The van der Waals surface area contributed by atoms with Crippen molar-refractivity contribution in [1.29, 1.82) is 0 Å². The molecule has 0 unspecified atom stereocenters. The fourth-order valence-electron chi connectivity index (χ4n) is 1.22. The van der Waals surface area contributed by atoms with Gasteiger partial charge in [0.1, 0.15) is 0 Å². The lowest BCUT2D eigenvalue weighted by Crippen LogP contribution is -2.22. The first-order valence-electron chi connectivity index (χ1n) is 4.66. The van der Waals surface area contributed by atoms with E-state index in [-0.39, 0.29) is 0 Å². The van der Waals surface area contributed by atoms with E-state index < -0.39 is 0 Å². The van der Waals surface area contributed by atoms with E-state index in [0.717, 1.165) is 0 Å². The predicted molar refractivity (Wildman–Crippen MR) is 54.8 cm³/mol. The van der Waals surface area contributed by atoms with E-state index in [1.165, 1.54) is 38.2 Å². The van der Waals surface area contributed by atoms with E-state index in [4.69, 9.17) is 17.3 Å². The largest absolute Gasteiger partial charge is 0.328 e. The van der Waals surface area contributed by atoms with E-state index in [1.807, 2.05) is 0 Å². The Balaban J connectivity index is 0.000000226. The molecular formula is C9H17ClN2O. The van der Waals surface area contributed by atoms with Crippen LogP contribution in [0, 0.1) is 0 Å². The second kappa shape index (κ2) is 9.72. The summed E-state index contributed by atoms with van der Waals surface area (Å²) >= 11 is 5.11. The molecule has 0 amide bonds. The molecular weight excluding hydrogens is 188 g/mol. The first kappa shape index (κ1) is 12.6. The molecule has 2 N–H and O–H groups in total. The maximum atomic E-state index is 9.21. The number of hydrogen-bond acceptors (Lipinski definition) is 3. The van der Waals surface area contributed by atoms with E-state index in [2.05, 4.69) is 4.99 Å². The fraction of sp³-hybridized carbons (Fsp3) is 0.889. The lowest BCUT2D eigenvalue weighted by Gasteiger charge is -2.15. The van der Waals surface area contributed by atoms with Crippen molar-refractivity contribution in [2.75, 3.05) is 12.4 Å². The number of alkyl halides is 1. The number of nitrogens with two attached hydrogens (primary N) is 1. The maximum Gasteiger partial charge on any atom is 0.234 e. The molecule has 76 valence electrons. The van der Waals surface area contributed by atoms with Crippen molar-refractivity contribution in [3.63, 3.8) is 0 Å². The number of carbonyl (C=O) groups excluding carboxylic acids is 1. The van der Waals surface area contributed by atoms with Gasteiger partial charge in [-0.05, 0) is 12.8 Å². The van der Waals surface area contributed by atoms with Crippen LogP contribution in [0.25, 0.3) is 0 Å². The van der Waals surface area contributed by atoms with Gasteiger partial charge >= 0.3 is 0 Å². The van der Waals surface area contributed by atoms with Crippen molar-refractivity contribution in [3.05, 3.63) is 0 Å². The molecule has 0 saturated heterocycles. The molecule has 1 rings (SSSR count). The molecule has 1 aliphatic rings. The molecule has 13 heavy (non-hydrogen) atoms. The molecule has 0 aromatic carbocycles. The lowest BCUT2D eigenvalue weighted by molar-refractivity contribution is 0.441. The third kappa shape index (κ3) is 9.54. The highest BCUT2D eigenvalue weighted by Crippen LogP contribution is 2.14. The highest BCUT2D eigenvalue weighted by atomic mass is 35.5. The van der Waals surface area contributed by atoms with Crippen molar-refractivity contribution in [1.82, 2.24) is 0 Å². The number of hydrogen-bond donors (Lipinski definition) is 1. The Bertz CT molecular complexity index is 152. The normalized spacial score (nSPS) is 16.8. The van der Waals surface area contributed by atoms with E-state index in [1.54, 1.807) is 0 Å². The Labute approximate surface area is 84.4 Å². The Morgan fingerprint density at radius 2 is 2.00 bits per heavy atom. The molecule has 1 fully saturated rings. The molecule has 0 aromatic rings. The summed E-state index contributed by atoms with van der Waals surface area (Å²) < 4.78 is 0. The van der Waals surface area contributed by atoms with Crippen molar-refractivity contribution < 1.29 is 4.79 Å². The van der Waals surface area contributed by atoms with E-state index >= 15 is 0 Å². The number of isocyanates is 1. The van der Waals surface area contributed by atoms with Crippen molar-refractivity contribution in [3.8, 4) is 0 Å². The van der Waals surface area contributed by atoms with Crippen LogP contribution in [0.2, 0.25) is 0 Å². The first-order chi connectivity index (χ1) is 6.31. The van der Waals surface area contributed by atoms with Crippen LogP contribution in [0.3, 0.4) is 0 Å². The van der Waals surface area contributed by atoms with Crippen LogP contribution < -0.4 is 5.73 Å². The number of halogens is 1. The third-order valence-electron chi connectivity index (χ3n) is 1.91. The molecule has 1 saturated carbocycles. The maximum absolute atomic E-state index is 9.21. The van der Waals surface area contributed by atoms with Gasteiger partial charge in [0.05, 0.1) is 6.54 Å². The number of nitrogens with zero attached hydrogens (tertiary/aromatic N) is 1. The van der Waals surface area contributed by atoms with Gasteiger partial charge in [0, 0.05) is 11.9 Å². The molecule has 0 spiro atoms. The minimum Gasteiger partial charge on any atom is -0.328 e. The summed E-state index contributed by atoms with van der Waals surface area (Å²) in [7, 11) is 0. The molecule has 0 radical (unpaired) electrons. The Kier molecular flexibility index (Phi) is 9.44. The lowest BCUT2D eigenvalue weighted by atomic mass is 9.97. The summed E-state index contributed by atoms with van der Waals surface area (Å²) in [6, 6.07) is 0.536. The van der Waals surface area contributed by atoms with Crippen LogP contribution >= 0.6 is 11.6 Å². The monoisotopic (exact) mass is 204 g/mol. The van der Waals surface area contributed by atoms with Gasteiger partial charge in [-0.15, -0.1) is 11.6 Å². The van der Waals surface area contributed by atoms with Crippen molar-refractivity contribution in [2.24, 2.45) is 10.7 Å². The van der Waals surface area contributed by atoms with Gasteiger partial charge in [0.15, 0.2) is 0 Å². The van der Waals surface area contributed by atoms with E-state index in [9.17, 15) is 4.79 Å². The quantitative estimate of drug-likeness (QED) is 0.424. The van der Waals surface area contributed by atoms with Gasteiger partial charge in [-0.2, -0.15) is 0 Å². The van der Waals surface area contributed by atoms with Gasteiger partial charge < -0.3 is 5.73 Å². The minimum atomic E-state index is 0.380. The van der Waals surface area contributed by atoms with Crippen molar-refractivity contribution in [2.45, 2.75) is 38.1 Å². The van der Waals surface area contributed by atoms with Crippen LogP contribution in [0.5, 0.6) is 0 Å². The van der Waals surface area contributed by atoms with Crippen LogP contribution in [0.4, 0.5) is 0 Å². The Hall–Kier alpha value is -0.370. The third-order valence-corrected chi connectivity index (χ3v) is 2.08. The second-order valence-electron chi connectivity index (χ2n) is 3.06. The summed E-state index contributed by atoms with van der Waals surface area (Å²) in [5.74, 6) is 0.398. The number of rotatable bonds is 2. The fourth-order valence-corrected chi connectivity index (χ4v) is 1.31. The standard InChI is InChI=1S/C6H13N.C3H4ClNO/c7-6-4-2-1-3-5-6;4-1-2-5-3-6/h6H,1-5,7H2;1-2H2. The Morgan fingerprint density at radius 1 is 1.38 bits per heavy atom. The second-order valence-corrected chi connectivity index (χ2v) is 3.44. The van der Waals surface area contributed by atoms with Crippen LogP contribution in [-0.4, -0.2) is 24.5 Å². The summed E-state index contributed by atoms with van der Waals surface area (Å²) in [6.07, 6.45) is 8.02. The van der Waals surface area contributed by atoms with Gasteiger partial charge in [-0.25, -0.2) is 9.79 Å². The van der Waals surface area contributed by atoms with Crippen molar-refractivity contribution >= 4 is 17.7 Å². The van der Waals surface area contributed by atoms with Gasteiger partial charge in [0.2, 0.25) is 6.08 Å². The van der Waals surface area contributed by atoms with Crippen LogP contribution in [0.15, 0.2) is 4.99 Å². The first-order valence-corrected chi connectivity index (χ1v) is 5.20. The number of aliphatic imine (C=N–C) groups is 1. The zero-order chi connectivity index (χ0) is 9.94. The predicted octanol–water partition coefficient (Wildman–Crippen LogP) is 1.84. The highest BCUT2D eigenvalue weighted by molar-refractivity contribution is 6.18. The van der Waals surface area contributed by atoms with Gasteiger partial charge in [-0.3, -0.25) is 0 Å². The zero-order valence-corrected chi connectivity index (χ0v) is 8.59. The summed E-state index contributed by atoms with van der Waals surface area (Å²) in [4.78, 5) is 12.4. The molecule has 4 heteroatoms. The topological polar surface area (TPSA) is 55.5 Å². The molecule has 1 aliphatic carbocycles. The van der Waals surface area contributed by atoms with Crippen LogP contribution in [0.1, 0.15) is 32.1 Å². The SMILES string of the molecule is NC1CCCCC1.O=C=NCCCl. The molecule has 0 aromatic heterocycles. The molecule has 0 bridgehead atoms. The average Bonchev–Trinajstić information content (AvgIpc) is 2.17. The smallest absolute Gasteiger partial charge is 0.234 e. The van der Waals surface area contributed by atoms with E-state index in [0.29, 0.717) is 18.5 Å². The van der Waals surface area contributed by atoms with Crippen LogP contribution in [-0.2, 0) is 4.79 Å². The molecule has 0 aliphatic heterocycles. The van der Waals surface area contributed by atoms with Gasteiger partial charge in [-0.1, -0.05) is 19.3 Å². The highest BCUT2D eigenvalue weighted by Gasteiger charge is 2.06. The minimum absolute atomic E-state index is 0.380. The summed E-state index contributed by atoms with van der Waals surface area (Å²) in [6.45, 7) is 0.380. The van der Waals surface area contributed by atoms with Gasteiger partial charge in [0.25, 0.3) is 0 Å². The molecule has 0 heterocycles. The summed E-state index contributed by atoms with van der Waals surface area (Å²) in [5.41, 5.74) is 5.63. The summed E-state index contributed by atoms with van der Waals surface area (Å²) in [5, 5.41) is 0. The Morgan fingerprint density at radius 3 is 2.23 bits per heavy atom. The average molecular weight is 205 g/mol. The zero-order valence-electron chi connectivity index (χ0n) is 7.84. The molecule has 0 atom stereocenters. The molecule has 3 nitrogen and oxygen atoms in total.